The Morgan fingerprint density at radius 2 is 1.42 bits per heavy atom. The molecule has 0 aromatic heterocycles. The number of Topliss-reactive ketones (excluding diaryl/α,β-unsaturated/α-hetero) is 1. The molecule has 0 fully saturated rings. The van der Waals surface area contributed by atoms with Gasteiger partial charge in [-0.25, -0.2) is 21.6 Å². The summed E-state index contributed by atoms with van der Waals surface area (Å²) in [5.41, 5.74) is -0.402. The molecule has 19 heavy (non-hydrogen) atoms. The van der Waals surface area contributed by atoms with E-state index >= 15 is 0 Å². The number of ketones is 1. The number of hydrogen-bond acceptors (Lipinski definition) is 6. The highest BCUT2D eigenvalue weighted by Gasteiger charge is 2.24. The number of sulfone groups is 2. The maximum atomic E-state index is 11.5. The topological polar surface area (TPSA) is 123 Å². The number of rotatable bonds is 4. The molecule has 0 spiro atoms. The van der Waals surface area contributed by atoms with E-state index in [0.29, 0.717) is 0 Å². The lowest BCUT2D eigenvalue weighted by Gasteiger charge is -2.07. The fraction of sp³-hybridized carbons (Fsp3) is 0.200. The van der Waals surface area contributed by atoms with Crippen LogP contribution in [-0.2, 0) is 24.5 Å². The summed E-state index contributed by atoms with van der Waals surface area (Å²) < 4.78 is 45.9. The van der Waals surface area contributed by atoms with Crippen LogP contribution in [0.5, 0.6) is 0 Å². The van der Waals surface area contributed by atoms with Crippen molar-refractivity contribution in [1.82, 2.24) is 0 Å². The first kappa shape index (κ1) is 15.3. The molecule has 0 amide bonds. The van der Waals surface area contributed by atoms with E-state index in [1.165, 1.54) is 0 Å². The van der Waals surface area contributed by atoms with Crippen molar-refractivity contribution in [2.24, 2.45) is 0 Å². The molecular formula is C10H10O7S2. The highest BCUT2D eigenvalue weighted by molar-refractivity contribution is 7.93. The van der Waals surface area contributed by atoms with Gasteiger partial charge < -0.3 is 5.11 Å². The first-order chi connectivity index (χ1) is 8.44. The maximum absolute atomic E-state index is 11.5. The van der Waals surface area contributed by atoms with E-state index < -0.39 is 46.8 Å². The van der Waals surface area contributed by atoms with Gasteiger partial charge in [0.05, 0.1) is 9.79 Å². The van der Waals surface area contributed by atoms with Crippen LogP contribution < -0.4 is 0 Å². The molecule has 0 unspecified atom stereocenters. The fourth-order valence-electron chi connectivity index (χ4n) is 1.37. The summed E-state index contributed by atoms with van der Waals surface area (Å²) in [4.78, 5) is 20.7. The Balaban J connectivity index is 3.68. The van der Waals surface area contributed by atoms with Crippen molar-refractivity contribution in [3.8, 4) is 0 Å². The van der Waals surface area contributed by atoms with Gasteiger partial charge in [0.2, 0.25) is 0 Å². The van der Waals surface area contributed by atoms with Crippen molar-refractivity contribution in [3.63, 3.8) is 0 Å². The van der Waals surface area contributed by atoms with Gasteiger partial charge in [-0.05, 0) is 18.2 Å². The fourth-order valence-corrected chi connectivity index (χ4v) is 3.79. The average molecular weight is 306 g/mol. The Kier molecular flexibility index (Phi) is 3.82. The summed E-state index contributed by atoms with van der Waals surface area (Å²) in [5.74, 6) is -3.07. The van der Waals surface area contributed by atoms with E-state index in [0.717, 1.165) is 30.7 Å². The van der Waals surface area contributed by atoms with Crippen LogP contribution in [0.1, 0.15) is 10.4 Å². The molecule has 9 heteroatoms. The lowest BCUT2D eigenvalue weighted by Crippen LogP contribution is -2.15. The Morgan fingerprint density at radius 3 is 1.79 bits per heavy atom. The SMILES string of the molecule is CS(=O)(=O)c1ccc(C(=O)C(=O)O)cc1S(C)(=O)=O. The number of hydrogen-bond donors (Lipinski definition) is 1. The van der Waals surface area contributed by atoms with Gasteiger partial charge in [-0.1, -0.05) is 0 Å². The normalized spacial score (nSPS) is 12.1. The van der Waals surface area contributed by atoms with Gasteiger partial charge in [0.25, 0.3) is 5.78 Å². The van der Waals surface area contributed by atoms with Gasteiger partial charge in [-0.3, -0.25) is 4.79 Å². The van der Waals surface area contributed by atoms with Crippen LogP contribution in [0.4, 0.5) is 0 Å². The zero-order valence-corrected chi connectivity index (χ0v) is 11.6. The van der Waals surface area contributed by atoms with Crippen molar-refractivity contribution >= 4 is 31.4 Å². The molecule has 7 nitrogen and oxygen atoms in total. The van der Waals surface area contributed by atoms with E-state index in [2.05, 4.69) is 0 Å². The Bertz CT molecular complexity index is 757. The molecule has 0 saturated heterocycles. The predicted molar refractivity (Wildman–Crippen MR) is 64.6 cm³/mol. The Morgan fingerprint density at radius 1 is 0.947 bits per heavy atom. The van der Waals surface area contributed by atoms with Gasteiger partial charge in [0, 0.05) is 18.1 Å². The molecule has 1 aromatic carbocycles. The van der Waals surface area contributed by atoms with E-state index in [1.807, 2.05) is 0 Å². The van der Waals surface area contributed by atoms with Gasteiger partial charge in [0.15, 0.2) is 19.7 Å². The number of benzene rings is 1. The number of carboxylic acid groups (broad SMARTS) is 1. The summed E-state index contributed by atoms with van der Waals surface area (Å²) in [6, 6.07) is 2.62. The van der Waals surface area contributed by atoms with Crippen molar-refractivity contribution in [2.75, 3.05) is 12.5 Å². The smallest absolute Gasteiger partial charge is 0.377 e. The van der Waals surface area contributed by atoms with Crippen LogP contribution in [0, 0.1) is 0 Å². The van der Waals surface area contributed by atoms with Crippen molar-refractivity contribution < 1.29 is 31.5 Å². The third-order valence-corrected chi connectivity index (χ3v) is 4.62. The van der Waals surface area contributed by atoms with Crippen LogP contribution in [0.25, 0.3) is 0 Å². The summed E-state index contributed by atoms with van der Waals surface area (Å²) >= 11 is 0. The van der Waals surface area contributed by atoms with Crippen LogP contribution >= 0.6 is 0 Å². The zero-order chi connectivity index (χ0) is 15.0. The Hall–Kier alpha value is -1.74. The van der Waals surface area contributed by atoms with Crippen molar-refractivity contribution in [3.05, 3.63) is 23.8 Å². The third kappa shape index (κ3) is 3.38. The van der Waals surface area contributed by atoms with Crippen LogP contribution in [-0.4, -0.2) is 46.2 Å². The molecule has 0 radical (unpaired) electrons. The summed E-state index contributed by atoms with van der Waals surface area (Å²) in [5, 5.41) is 8.54. The molecular weight excluding hydrogens is 296 g/mol. The standard InChI is InChI=1S/C10H10O7S2/c1-18(14,15)7-4-3-6(9(11)10(12)13)5-8(7)19(2,16)17/h3-5H,1-2H3,(H,12,13). The minimum atomic E-state index is -3.92. The molecule has 1 aromatic rings. The lowest BCUT2D eigenvalue weighted by atomic mass is 10.1. The Labute approximate surface area is 109 Å². The van der Waals surface area contributed by atoms with Gasteiger partial charge in [-0.2, -0.15) is 0 Å². The third-order valence-electron chi connectivity index (χ3n) is 2.20. The van der Waals surface area contributed by atoms with E-state index in [9.17, 15) is 26.4 Å². The molecule has 0 heterocycles. The molecule has 0 saturated carbocycles. The van der Waals surface area contributed by atoms with Crippen molar-refractivity contribution in [1.29, 1.82) is 0 Å². The number of carbonyl (C=O) groups excluding carboxylic acids is 1. The average Bonchev–Trinajstić information content (AvgIpc) is 2.24. The van der Waals surface area contributed by atoms with Gasteiger partial charge in [-0.15, -0.1) is 0 Å². The lowest BCUT2D eigenvalue weighted by molar-refractivity contribution is -0.131. The first-order valence-electron chi connectivity index (χ1n) is 4.76. The largest absolute Gasteiger partial charge is 0.475 e. The zero-order valence-electron chi connectivity index (χ0n) is 9.95. The summed E-state index contributed by atoms with van der Waals surface area (Å²) in [7, 11) is -7.74. The molecule has 0 aliphatic heterocycles. The highest BCUT2D eigenvalue weighted by atomic mass is 32.2. The second kappa shape index (κ2) is 4.74. The second-order valence-corrected chi connectivity index (χ2v) is 7.81. The number of aliphatic carboxylic acids is 1. The van der Waals surface area contributed by atoms with Crippen LogP contribution in [0.15, 0.2) is 28.0 Å². The molecule has 1 N–H and O–H groups in total. The van der Waals surface area contributed by atoms with E-state index in [-0.39, 0.29) is 0 Å². The van der Waals surface area contributed by atoms with E-state index in [1.54, 1.807) is 0 Å². The molecule has 0 aliphatic carbocycles. The number of carboxylic acids is 1. The molecule has 1 rings (SSSR count). The van der Waals surface area contributed by atoms with Gasteiger partial charge >= 0.3 is 5.97 Å². The second-order valence-electron chi connectivity index (χ2n) is 3.84. The minimum Gasteiger partial charge on any atom is -0.475 e. The first-order valence-corrected chi connectivity index (χ1v) is 8.54. The molecule has 104 valence electrons. The monoisotopic (exact) mass is 306 g/mol. The van der Waals surface area contributed by atoms with Crippen LogP contribution in [0.2, 0.25) is 0 Å². The molecule has 0 bridgehead atoms. The van der Waals surface area contributed by atoms with Gasteiger partial charge in [0.1, 0.15) is 0 Å². The summed E-state index contributed by atoms with van der Waals surface area (Å²) in [6.45, 7) is 0. The predicted octanol–water partition coefficient (Wildman–Crippen LogP) is -0.239. The molecule has 0 atom stereocenters. The highest BCUT2D eigenvalue weighted by Crippen LogP contribution is 2.22. The van der Waals surface area contributed by atoms with Crippen LogP contribution in [0.3, 0.4) is 0 Å². The molecule has 0 aliphatic rings. The maximum Gasteiger partial charge on any atom is 0.377 e. The van der Waals surface area contributed by atoms with Crippen molar-refractivity contribution in [2.45, 2.75) is 9.79 Å². The quantitative estimate of drug-likeness (QED) is 0.601. The summed E-state index contributed by atoms with van der Waals surface area (Å²) in [6.07, 6.45) is 1.59. The number of carbonyl (C=O) groups is 2. The van der Waals surface area contributed by atoms with E-state index in [4.69, 9.17) is 5.11 Å². The minimum absolute atomic E-state index is 0.402.